The van der Waals surface area contributed by atoms with Crippen LogP contribution in [0.1, 0.15) is 55.1 Å². The Bertz CT molecular complexity index is 1080. The number of hydrogen-bond acceptors (Lipinski definition) is 2. The molecule has 0 atom stereocenters. The summed E-state index contributed by atoms with van der Waals surface area (Å²) in [5.74, 6) is -0.883. The van der Waals surface area contributed by atoms with E-state index in [1.165, 1.54) is 22.3 Å². The van der Waals surface area contributed by atoms with Crippen molar-refractivity contribution >= 4 is 17.6 Å². The van der Waals surface area contributed by atoms with Gasteiger partial charge in [0.15, 0.2) is 0 Å². The van der Waals surface area contributed by atoms with Crippen molar-refractivity contribution in [1.82, 2.24) is 9.88 Å². The lowest BCUT2D eigenvalue weighted by Crippen LogP contribution is -2.15. The van der Waals surface area contributed by atoms with E-state index >= 15 is 0 Å². The van der Waals surface area contributed by atoms with Gasteiger partial charge in [-0.25, -0.2) is 4.79 Å². The summed E-state index contributed by atoms with van der Waals surface area (Å²) in [7, 11) is 0. The molecule has 158 valence electrons. The SMILES string of the molecule is Cc1cc(C)c(Cn2c(C)c(CNCc3cccc(Cl)c3)c(C(=O)O)c2C)c(C)c1. The number of nitrogens with zero attached hydrogens (tertiary/aromatic N) is 1. The smallest absolute Gasteiger partial charge is 0.337 e. The van der Waals surface area contributed by atoms with E-state index < -0.39 is 5.97 Å². The Labute approximate surface area is 183 Å². The monoisotopic (exact) mass is 424 g/mol. The minimum absolute atomic E-state index is 0.397. The van der Waals surface area contributed by atoms with E-state index in [2.05, 4.69) is 42.8 Å². The van der Waals surface area contributed by atoms with Gasteiger partial charge >= 0.3 is 5.97 Å². The first kappa shape index (κ1) is 22.1. The predicted molar refractivity (Wildman–Crippen MR) is 123 cm³/mol. The zero-order valence-corrected chi connectivity index (χ0v) is 19.0. The van der Waals surface area contributed by atoms with Crippen LogP contribution in [0.2, 0.25) is 5.02 Å². The van der Waals surface area contributed by atoms with Gasteiger partial charge in [-0.05, 0) is 69.0 Å². The fourth-order valence-corrected chi connectivity index (χ4v) is 4.50. The zero-order chi connectivity index (χ0) is 22.0. The molecule has 3 rings (SSSR count). The van der Waals surface area contributed by atoms with Crippen LogP contribution in [-0.4, -0.2) is 15.6 Å². The molecule has 0 aliphatic rings. The molecule has 4 nitrogen and oxygen atoms in total. The Hall–Kier alpha value is -2.56. The average Bonchev–Trinajstić information content (AvgIpc) is 2.88. The third-order valence-electron chi connectivity index (χ3n) is 5.80. The number of aromatic carboxylic acids is 1. The number of carboxylic acids is 1. The van der Waals surface area contributed by atoms with Crippen molar-refractivity contribution in [3.8, 4) is 0 Å². The summed E-state index contributed by atoms with van der Waals surface area (Å²) in [6.07, 6.45) is 0. The molecule has 3 aromatic rings. The summed E-state index contributed by atoms with van der Waals surface area (Å²) in [4.78, 5) is 12.1. The van der Waals surface area contributed by atoms with Crippen molar-refractivity contribution in [1.29, 1.82) is 0 Å². The highest BCUT2D eigenvalue weighted by Gasteiger charge is 2.23. The molecule has 1 aromatic heterocycles. The van der Waals surface area contributed by atoms with Gasteiger partial charge in [0.1, 0.15) is 0 Å². The molecule has 0 aliphatic carbocycles. The summed E-state index contributed by atoms with van der Waals surface area (Å²) in [5.41, 5.74) is 9.04. The van der Waals surface area contributed by atoms with Gasteiger partial charge in [-0.2, -0.15) is 0 Å². The molecule has 2 N–H and O–H groups in total. The topological polar surface area (TPSA) is 54.3 Å². The van der Waals surface area contributed by atoms with Gasteiger partial charge in [0, 0.05) is 41.6 Å². The minimum atomic E-state index is -0.883. The first-order valence-corrected chi connectivity index (χ1v) is 10.5. The molecule has 2 aromatic carbocycles. The predicted octanol–water partition coefficient (Wildman–Crippen LogP) is 5.72. The summed E-state index contributed by atoms with van der Waals surface area (Å²) >= 11 is 6.06. The van der Waals surface area contributed by atoms with Crippen molar-refractivity contribution < 1.29 is 9.90 Å². The standard InChI is InChI=1S/C25H29ClN2O2/c1-15-9-16(2)23(17(3)10-15)14-28-18(4)22(24(19(28)5)25(29)30)13-27-12-20-7-6-8-21(26)11-20/h6-11,27H,12-14H2,1-5H3,(H,29,30). The second-order valence-corrected chi connectivity index (χ2v) is 8.46. The lowest BCUT2D eigenvalue weighted by atomic mass is 9.99. The maximum atomic E-state index is 12.1. The summed E-state index contributed by atoms with van der Waals surface area (Å²) in [6.45, 7) is 12.0. The molecular weight excluding hydrogens is 396 g/mol. The minimum Gasteiger partial charge on any atom is -0.478 e. The van der Waals surface area contributed by atoms with Crippen LogP contribution < -0.4 is 5.32 Å². The molecule has 0 spiro atoms. The van der Waals surface area contributed by atoms with Crippen LogP contribution in [-0.2, 0) is 19.6 Å². The number of benzene rings is 2. The highest BCUT2D eigenvalue weighted by Crippen LogP contribution is 2.26. The molecule has 0 amide bonds. The lowest BCUT2D eigenvalue weighted by molar-refractivity contribution is 0.0694. The highest BCUT2D eigenvalue weighted by atomic mass is 35.5. The molecular formula is C25H29ClN2O2. The second kappa shape index (κ2) is 9.07. The molecule has 30 heavy (non-hydrogen) atoms. The second-order valence-electron chi connectivity index (χ2n) is 8.03. The molecule has 0 saturated carbocycles. The number of carbonyl (C=O) groups is 1. The van der Waals surface area contributed by atoms with Crippen molar-refractivity contribution in [3.05, 3.63) is 91.8 Å². The van der Waals surface area contributed by atoms with E-state index in [1.807, 2.05) is 38.1 Å². The van der Waals surface area contributed by atoms with E-state index in [4.69, 9.17) is 11.6 Å². The molecule has 0 saturated heterocycles. The maximum absolute atomic E-state index is 12.1. The van der Waals surface area contributed by atoms with E-state index in [-0.39, 0.29) is 0 Å². The van der Waals surface area contributed by atoms with Crippen molar-refractivity contribution in [2.45, 2.75) is 54.3 Å². The van der Waals surface area contributed by atoms with Crippen LogP contribution in [0.15, 0.2) is 36.4 Å². The zero-order valence-electron chi connectivity index (χ0n) is 18.3. The summed E-state index contributed by atoms with van der Waals surface area (Å²) in [6, 6.07) is 12.0. The fraction of sp³-hybridized carbons (Fsp3) is 0.320. The van der Waals surface area contributed by atoms with Crippen LogP contribution in [0.5, 0.6) is 0 Å². The van der Waals surface area contributed by atoms with Crippen molar-refractivity contribution in [2.24, 2.45) is 0 Å². The Balaban J connectivity index is 1.90. The Morgan fingerprint density at radius 3 is 2.23 bits per heavy atom. The summed E-state index contributed by atoms with van der Waals surface area (Å²) < 4.78 is 2.13. The molecule has 0 radical (unpaired) electrons. The van der Waals surface area contributed by atoms with Crippen LogP contribution in [0.3, 0.4) is 0 Å². The molecule has 0 bridgehead atoms. The van der Waals surface area contributed by atoms with Gasteiger partial charge < -0.3 is 15.0 Å². The number of aryl methyl sites for hydroxylation is 3. The molecule has 0 fully saturated rings. The largest absolute Gasteiger partial charge is 0.478 e. The van der Waals surface area contributed by atoms with Crippen LogP contribution >= 0.6 is 11.6 Å². The molecule has 5 heteroatoms. The van der Waals surface area contributed by atoms with Crippen LogP contribution in [0.4, 0.5) is 0 Å². The number of nitrogens with one attached hydrogen (secondary N) is 1. The van der Waals surface area contributed by atoms with Crippen LogP contribution in [0, 0.1) is 34.6 Å². The Morgan fingerprint density at radius 2 is 1.63 bits per heavy atom. The fourth-order valence-electron chi connectivity index (χ4n) is 4.28. The number of rotatable bonds is 7. The normalized spacial score (nSPS) is 11.1. The first-order chi connectivity index (χ1) is 14.2. The maximum Gasteiger partial charge on any atom is 0.337 e. The van der Waals surface area contributed by atoms with Gasteiger partial charge in [0.25, 0.3) is 0 Å². The molecule has 0 aliphatic heterocycles. The number of hydrogen-bond donors (Lipinski definition) is 2. The Kier molecular flexibility index (Phi) is 6.69. The third-order valence-corrected chi connectivity index (χ3v) is 6.04. The van der Waals surface area contributed by atoms with Gasteiger partial charge in [0.2, 0.25) is 0 Å². The quantitative estimate of drug-likeness (QED) is 0.510. The van der Waals surface area contributed by atoms with Gasteiger partial charge in [0.05, 0.1) is 5.56 Å². The Morgan fingerprint density at radius 1 is 0.967 bits per heavy atom. The average molecular weight is 425 g/mol. The number of carboxylic acid groups (broad SMARTS) is 1. The van der Waals surface area contributed by atoms with Gasteiger partial charge in [-0.3, -0.25) is 0 Å². The van der Waals surface area contributed by atoms with Crippen molar-refractivity contribution in [2.75, 3.05) is 0 Å². The van der Waals surface area contributed by atoms with Crippen LogP contribution in [0.25, 0.3) is 0 Å². The highest BCUT2D eigenvalue weighted by molar-refractivity contribution is 6.30. The van der Waals surface area contributed by atoms with Gasteiger partial charge in [-0.1, -0.05) is 41.4 Å². The van der Waals surface area contributed by atoms with E-state index in [0.717, 1.165) is 22.5 Å². The van der Waals surface area contributed by atoms with Crippen molar-refractivity contribution in [3.63, 3.8) is 0 Å². The third kappa shape index (κ3) is 4.61. The number of halogens is 1. The van der Waals surface area contributed by atoms with Gasteiger partial charge in [-0.15, -0.1) is 0 Å². The van der Waals surface area contributed by atoms with E-state index in [9.17, 15) is 9.90 Å². The lowest BCUT2D eigenvalue weighted by Gasteiger charge is -2.16. The number of aromatic nitrogens is 1. The molecule has 1 heterocycles. The van der Waals surface area contributed by atoms with E-state index in [0.29, 0.717) is 30.2 Å². The first-order valence-electron chi connectivity index (χ1n) is 10.1. The van der Waals surface area contributed by atoms with E-state index in [1.54, 1.807) is 0 Å². The molecule has 0 unspecified atom stereocenters. The summed E-state index contributed by atoms with van der Waals surface area (Å²) in [5, 5.41) is 14.0.